The molecule has 1 saturated heterocycles. The lowest BCUT2D eigenvalue weighted by atomic mass is 10.2. The van der Waals surface area contributed by atoms with E-state index in [0.717, 1.165) is 19.4 Å². The molecule has 0 unspecified atom stereocenters. The van der Waals surface area contributed by atoms with Gasteiger partial charge in [0.05, 0.1) is 11.6 Å². The van der Waals surface area contributed by atoms with Crippen molar-refractivity contribution < 1.29 is 4.79 Å². The largest absolute Gasteiger partial charge is 0.327 e. The Labute approximate surface area is 144 Å². The van der Waals surface area contributed by atoms with Crippen LogP contribution in [0, 0.1) is 12.3 Å². The summed E-state index contributed by atoms with van der Waals surface area (Å²) in [6.07, 6.45) is 12.4. The fourth-order valence-electron chi connectivity index (χ4n) is 2.51. The first-order valence-corrected chi connectivity index (χ1v) is 7.99. The molecule has 1 aliphatic heterocycles. The van der Waals surface area contributed by atoms with Crippen LogP contribution >= 0.6 is 11.6 Å². The average Bonchev–Trinajstić information content (AvgIpc) is 3.10. The number of amides is 1. The van der Waals surface area contributed by atoms with Gasteiger partial charge in [0.15, 0.2) is 5.82 Å². The highest BCUT2D eigenvalue weighted by atomic mass is 35.5. The van der Waals surface area contributed by atoms with Crippen molar-refractivity contribution in [2.45, 2.75) is 18.9 Å². The fraction of sp³-hybridized carbons (Fsp3) is 0.312. The van der Waals surface area contributed by atoms with Crippen molar-refractivity contribution in [2.75, 3.05) is 22.6 Å². The van der Waals surface area contributed by atoms with Gasteiger partial charge in [0.25, 0.3) is 0 Å². The van der Waals surface area contributed by atoms with Crippen LogP contribution in [0.2, 0.25) is 0 Å². The van der Waals surface area contributed by atoms with Gasteiger partial charge in [0.1, 0.15) is 11.7 Å². The Balaban J connectivity index is 1.80. The van der Waals surface area contributed by atoms with Crippen LogP contribution in [0.1, 0.15) is 12.8 Å². The average molecular weight is 343 g/mol. The van der Waals surface area contributed by atoms with E-state index >= 15 is 0 Å². The highest BCUT2D eigenvalue weighted by Crippen LogP contribution is 2.23. The van der Waals surface area contributed by atoms with Gasteiger partial charge in [-0.3, -0.25) is 4.79 Å². The monoisotopic (exact) mass is 342 g/mol. The Morgan fingerprint density at radius 2 is 2.21 bits per heavy atom. The van der Waals surface area contributed by atoms with Crippen LogP contribution in [0.15, 0.2) is 24.7 Å². The van der Waals surface area contributed by atoms with Gasteiger partial charge in [-0.2, -0.15) is 0 Å². The number of carbonyl (C=O) groups is 1. The van der Waals surface area contributed by atoms with Crippen molar-refractivity contribution in [1.29, 1.82) is 0 Å². The third-order valence-electron chi connectivity index (χ3n) is 3.64. The summed E-state index contributed by atoms with van der Waals surface area (Å²) in [6.45, 7) is 0.852. The van der Waals surface area contributed by atoms with E-state index in [4.69, 9.17) is 18.0 Å². The number of nitrogens with zero attached hydrogens (tertiary/aromatic N) is 5. The molecule has 0 saturated carbocycles. The minimum atomic E-state index is -0.331. The lowest BCUT2D eigenvalue weighted by molar-refractivity contribution is -0.113. The number of alkyl halides is 1. The molecule has 1 aliphatic rings. The van der Waals surface area contributed by atoms with Gasteiger partial charge in [-0.05, 0) is 18.9 Å². The first kappa shape index (κ1) is 16.1. The van der Waals surface area contributed by atoms with E-state index in [9.17, 15) is 4.79 Å². The minimum absolute atomic E-state index is 0.0428. The molecule has 1 N–H and O–H groups in total. The molecule has 0 bridgehead atoms. The number of nitrogens with one attached hydrogen (secondary N) is 1. The fourth-order valence-corrected chi connectivity index (χ4v) is 2.57. The molecule has 0 aromatic carbocycles. The number of terminal acetylenes is 1. The van der Waals surface area contributed by atoms with E-state index in [0.29, 0.717) is 23.2 Å². The van der Waals surface area contributed by atoms with E-state index < -0.39 is 0 Å². The second-order valence-electron chi connectivity index (χ2n) is 5.24. The lowest BCUT2D eigenvalue weighted by Crippen LogP contribution is -2.29. The zero-order valence-corrected chi connectivity index (χ0v) is 13.6. The van der Waals surface area contributed by atoms with Crippen molar-refractivity contribution in [3.05, 3.63) is 24.7 Å². The van der Waals surface area contributed by atoms with Crippen LogP contribution in [0.5, 0.6) is 0 Å². The van der Waals surface area contributed by atoms with Crippen molar-refractivity contribution in [1.82, 2.24) is 19.9 Å². The zero-order chi connectivity index (χ0) is 16.9. The van der Waals surface area contributed by atoms with Crippen molar-refractivity contribution in [3.63, 3.8) is 0 Å². The second kappa shape index (κ2) is 7.23. The van der Waals surface area contributed by atoms with Crippen LogP contribution < -0.4 is 10.2 Å². The highest BCUT2D eigenvalue weighted by molar-refractivity contribution is 6.29. The molecule has 0 aliphatic carbocycles. The van der Waals surface area contributed by atoms with Crippen LogP contribution in [-0.2, 0) is 4.79 Å². The van der Waals surface area contributed by atoms with Gasteiger partial charge in [0, 0.05) is 25.1 Å². The summed E-state index contributed by atoms with van der Waals surface area (Å²) in [4.78, 5) is 30.5. The summed E-state index contributed by atoms with van der Waals surface area (Å²) in [7, 11) is 0. The van der Waals surface area contributed by atoms with E-state index in [1.54, 1.807) is 24.7 Å². The van der Waals surface area contributed by atoms with Crippen LogP contribution in [0.4, 0.5) is 11.8 Å². The normalized spacial score (nSPS) is 16.7. The Bertz CT molecular complexity index is 773. The molecule has 3 heterocycles. The summed E-state index contributed by atoms with van der Waals surface area (Å²) in [5.41, 5.74) is 0.650. The number of aromatic nitrogens is 4. The maximum Gasteiger partial charge on any atom is 0.240 e. The number of hydrogen-bond acceptors (Lipinski definition) is 6. The molecule has 122 valence electrons. The van der Waals surface area contributed by atoms with Gasteiger partial charge in [0.2, 0.25) is 11.9 Å². The van der Waals surface area contributed by atoms with E-state index in [2.05, 4.69) is 31.2 Å². The van der Waals surface area contributed by atoms with E-state index in [-0.39, 0.29) is 17.8 Å². The summed E-state index contributed by atoms with van der Waals surface area (Å²) in [5.74, 6) is 3.69. The van der Waals surface area contributed by atoms with Crippen LogP contribution in [0.25, 0.3) is 11.4 Å². The second-order valence-corrected chi connectivity index (χ2v) is 5.50. The molecule has 24 heavy (non-hydrogen) atoms. The van der Waals surface area contributed by atoms with Gasteiger partial charge in [-0.15, -0.1) is 18.0 Å². The van der Waals surface area contributed by atoms with Crippen LogP contribution in [-0.4, -0.2) is 44.3 Å². The van der Waals surface area contributed by atoms with Crippen molar-refractivity contribution in [3.8, 4) is 23.7 Å². The van der Waals surface area contributed by atoms with Crippen molar-refractivity contribution in [2.24, 2.45) is 0 Å². The molecule has 0 radical (unpaired) electrons. The van der Waals surface area contributed by atoms with Gasteiger partial charge >= 0.3 is 0 Å². The topological polar surface area (TPSA) is 83.9 Å². The highest BCUT2D eigenvalue weighted by Gasteiger charge is 2.24. The maximum atomic E-state index is 11.3. The maximum absolute atomic E-state index is 11.3. The SMILES string of the molecule is C#C[C@H]1CCCN1c1ncc(-c2nccc(NC(=O)CCl)n2)cn1. The third kappa shape index (κ3) is 3.44. The third-order valence-corrected chi connectivity index (χ3v) is 3.89. The molecular formula is C16H15ClN6O. The molecule has 1 amide bonds. The lowest BCUT2D eigenvalue weighted by Gasteiger charge is -2.20. The molecular weight excluding hydrogens is 328 g/mol. The molecule has 2 aromatic rings. The quantitative estimate of drug-likeness (QED) is 0.672. The van der Waals surface area contributed by atoms with Crippen molar-refractivity contribution >= 4 is 29.3 Å². The molecule has 1 atom stereocenters. The summed E-state index contributed by atoms with van der Waals surface area (Å²) in [5, 5.41) is 2.58. The number of hydrogen-bond donors (Lipinski definition) is 1. The van der Waals surface area contributed by atoms with E-state index in [1.807, 2.05) is 4.90 Å². The number of carbonyl (C=O) groups excluding carboxylic acids is 1. The summed E-state index contributed by atoms with van der Waals surface area (Å²) >= 11 is 5.47. The molecule has 3 rings (SSSR count). The first-order chi connectivity index (χ1) is 11.7. The molecule has 7 nitrogen and oxygen atoms in total. The molecule has 0 spiro atoms. The van der Waals surface area contributed by atoms with Gasteiger partial charge < -0.3 is 10.2 Å². The Morgan fingerprint density at radius 3 is 2.92 bits per heavy atom. The van der Waals surface area contributed by atoms with Gasteiger partial charge in [-0.1, -0.05) is 5.92 Å². The molecule has 8 heteroatoms. The standard InChI is InChI=1S/C16H15ClN6O/c1-2-12-4-3-7-23(12)16-19-9-11(10-20-16)15-18-6-5-13(22-15)21-14(24)8-17/h1,5-6,9-10,12H,3-4,7-8H2,(H,18,21,22,24)/t12-/m0/s1. The van der Waals surface area contributed by atoms with E-state index in [1.165, 1.54) is 0 Å². The number of halogens is 1. The Hall–Kier alpha value is -2.72. The smallest absolute Gasteiger partial charge is 0.240 e. The summed E-state index contributed by atoms with van der Waals surface area (Å²) < 4.78 is 0. The van der Waals surface area contributed by atoms with Crippen LogP contribution in [0.3, 0.4) is 0 Å². The summed E-state index contributed by atoms with van der Waals surface area (Å²) in [6, 6.07) is 1.63. The zero-order valence-electron chi connectivity index (χ0n) is 12.8. The Morgan fingerprint density at radius 1 is 1.42 bits per heavy atom. The Kier molecular flexibility index (Phi) is 4.87. The molecule has 2 aromatic heterocycles. The predicted octanol–water partition coefficient (Wildman–Crippen LogP) is 1.71. The predicted molar refractivity (Wildman–Crippen MR) is 91.6 cm³/mol. The minimum Gasteiger partial charge on any atom is -0.327 e. The number of rotatable bonds is 4. The number of anilines is 2. The molecule has 1 fully saturated rings. The first-order valence-electron chi connectivity index (χ1n) is 7.45. The van der Waals surface area contributed by atoms with Gasteiger partial charge in [-0.25, -0.2) is 19.9 Å².